The van der Waals surface area contributed by atoms with Gasteiger partial charge in [0.25, 0.3) is 0 Å². The molecule has 3 heterocycles. The zero-order valence-corrected chi connectivity index (χ0v) is 18.5. The molecule has 3 aliphatic rings. The van der Waals surface area contributed by atoms with E-state index in [4.69, 9.17) is 0 Å². The van der Waals surface area contributed by atoms with Gasteiger partial charge in [0.05, 0.1) is 0 Å². The van der Waals surface area contributed by atoms with Gasteiger partial charge in [-0.05, 0) is 70.9 Å². The van der Waals surface area contributed by atoms with Crippen LogP contribution in [0.15, 0.2) is 0 Å². The van der Waals surface area contributed by atoms with Crippen molar-refractivity contribution in [3.05, 3.63) is 6.67 Å². The molecule has 0 bridgehead atoms. The van der Waals surface area contributed by atoms with E-state index in [0.29, 0.717) is 0 Å². The van der Waals surface area contributed by atoms with E-state index in [1.54, 1.807) is 0 Å². The molecule has 0 amide bonds. The smallest absolute Gasteiger partial charge is 0.146 e. The molecule has 4 heteroatoms. The number of nitrogens with zero attached hydrogens (tertiary/aromatic N) is 4. The van der Waals surface area contributed by atoms with E-state index in [1.165, 1.54) is 90.9 Å². The van der Waals surface area contributed by atoms with E-state index in [9.17, 15) is 0 Å². The SMILES string of the molecule is CC1CC(C)CN(CCCN2[C]N(CCCN3C(C)CCCC3C)CC2)C1. The number of piperidine rings is 2. The summed E-state index contributed by atoms with van der Waals surface area (Å²) in [7, 11) is 0. The van der Waals surface area contributed by atoms with E-state index in [2.05, 4.69) is 54.0 Å². The van der Waals surface area contributed by atoms with Crippen molar-refractivity contribution in [1.29, 1.82) is 0 Å². The minimum atomic E-state index is 0.775. The van der Waals surface area contributed by atoms with E-state index in [-0.39, 0.29) is 0 Å². The van der Waals surface area contributed by atoms with Gasteiger partial charge in [-0.2, -0.15) is 0 Å². The van der Waals surface area contributed by atoms with Crippen LogP contribution in [0.5, 0.6) is 0 Å². The summed E-state index contributed by atoms with van der Waals surface area (Å²) in [6, 6.07) is 1.55. The number of hydrogen-bond donors (Lipinski definition) is 0. The molecule has 0 aliphatic carbocycles. The zero-order valence-electron chi connectivity index (χ0n) is 18.5. The molecular formula is C23H44N4. The van der Waals surface area contributed by atoms with Crippen LogP contribution < -0.4 is 0 Å². The highest BCUT2D eigenvalue weighted by Gasteiger charge is 2.26. The molecule has 3 saturated heterocycles. The largest absolute Gasteiger partial charge is 0.303 e. The highest BCUT2D eigenvalue weighted by atomic mass is 15.4. The maximum Gasteiger partial charge on any atom is 0.146 e. The summed E-state index contributed by atoms with van der Waals surface area (Å²) in [4.78, 5) is 10.3. The molecule has 0 N–H and O–H groups in total. The van der Waals surface area contributed by atoms with Crippen molar-refractivity contribution in [2.75, 3.05) is 52.4 Å². The first-order valence-electron chi connectivity index (χ1n) is 11.8. The van der Waals surface area contributed by atoms with Gasteiger partial charge in [-0.3, -0.25) is 14.7 Å². The van der Waals surface area contributed by atoms with Crippen LogP contribution in [0.25, 0.3) is 0 Å². The Balaban J connectivity index is 1.26. The first-order valence-corrected chi connectivity index (χ1v) is 11.8. The maximum absolute atomic E-state index is 3.64. The Hall–Kier alpha value is -0.160. The first kappa shape index (κ1) is 21.5. The minimum Gasteiger partial charge on any atom is -0.303 e. The van der Waals surface area contributed by atoms with Crippen LogP contribution in [0.2, 0.25) is 0 Å². The quantitative estimate of drug-likeness (QED) is 0.641. The van der Waals surface area contributed by atoms with Crippen molar-refractivity contribution in [2.24, 2.45) is 11.8 Å². The Morgan fingerprint density at radius 2 is 1.30 bits per heavy atom. The average molecular weight is 377 g/mol. The van der Waals surface area contributed by atoms with Crippen LogP contribution in [0.3, 0.4) is 0 Å². The minimum absolute atomic E-state index is 0.775. The molecule has 4 unspecified atom stereocenters. The lowest BCUT2D eigenvalue weighted by atomic mass is 9.92. The lowest BCUT2D eigenvalue weighted by Gasteiger charge is -2.39. The highest BCUT2D eigenvalue weighted by molar-refractivity contribution is 4.83. The van der Waals surface area contributed by atoms with Crippen LogP contribution in [-0.4, -0.2) is 84.0 Å². The lowest BCUT2D eigenvalue weighted by molar-refractivity contribution is 0.0987. The second kappa shape index (κ2) is 10.6. The summed E-state index contributed by atoms with van der Waals surface area (Å²) in [6.07, 6.45) is 8.15. The molecule has 0 aromatic rings. The number of rotatable bonds is 8. The van der Waals surface area contributed by atoms with Gasteiger partial charge in [0.1, 0.15) is 6.67 Å². The fraction of sp³-hybridized carbons (Fsp3) is 0.957. The molecule has 0 saturated carbocycles. The summed E-state index contributed by atoms with van der Waals surface area (Å²) in [5.41, 5.74) is 0. The summed E-state index contributed by atoms with van der Waals surface area (Å²) < 4.78 is 0. The van der Waals surface area contributed by atoms with Gasteiger partial charge >= 0.3 is 0 Å². The monoisotopic (exact) mass is 376 g/mol. The van der Waals surface area contributed by atoms with E-state index in [1.807, 2.05) is 0 Å². The van der Waals surface area contributed by atoms with E-state index < -0.39 is 0 Å². The number of hydrogen-bond acceptors (Lipinski definition) is 4. The van der Waals surface area contributed by atoms with Gasteiger partial charge in [0, 0.05) is 51.4 Å². The molecule has 4 atom stereocenters. The third-order valence-electron chi connectivity index (χ3n) is 6.99. The number of likely N-dealkylation sites (tertiary alicyclic amines) is 2. The summed E-state index contributed by atoms with van der Waals surface area (Å²) >= 11 is 0. The molecule has 3 fully saturated rings. The standard InChI is InChI=1S/C23H44N4/c1-20-16-21(2)18-26(17-20)12-6-10-24-14-15-25(19-24)11-7-13-27-22(3)8-5-9-23(27)4/h20-23H,5-18H2,1-4H3. The molecule has 156 valence electrons. The third kappa shape index (κ3) is 6.69. The molecule has 2 radical (unpaired) electrons. The van der Waals surface area contributed by atoms with Crippen molar-refractivity contribution >= 4 is 0 Å². The summed E-state index contributed by atoms with van der Waals surface area (Å²) in [6.45, 7) is 23.1. The van der Waals surface area contributed by atoms with Crippen molar-refractivity contribution in [3.63, 3.8) is 0 Å². The normalized spacial score (nSPS) is 35.1. The van der Waals surface area contributed by atoms with Gasteiger partial charge in [-0.1, -0.05) is 20.3 Å². The second-order valence-electron chi connectivity index (χ2n) is 9.85. The van der Waals surface area contributed by atoms with Gasteiger partial charge in [0.2, 0.25) is 0 Å². The molecule has 4 nitrogen and oxygen atoms in total. The van der Waals surface area contributed by atoms with Crippen LogP contribution in [0.4, 0.5) is 0 Å². The van der Waals surface area contributed by atoms with Crippen molar-refractivity contribution < 1.29 is 0 Å². The van der Waals surface area contributed by atoms with Gasteiger partial charge in [0.15, 0.2) is 0 Å². The van der Waals surface area contributed by atoms with Crippen LogP contribution >= 0.6 is 0 Å². The average Bonchev–Trinajstić information content (AvgIpc) is 3.04. The Bertz CT molecular complexity index is 409. The lowest BCUT2D eigenvalue weighted by Crippen LogP contribution is -2.44. The highest BCUT2D eigenvalue weighted by Crippen LogP contribution is 2.23. The maximum atomic E-state index is 3.64. The first-order chi connectivity index (χ1) is 13.0. The van der Waals surface area contributed by atoms with Crippen LogP contribution in [-0.2, 0) is 0 Å². The predicted molar refractivity (Wildman–Crippen MR) is 114 cm³/mol. The third-order valence-corrected chi connectivity index (χ3v) is 6.99. The van der Waals surface area contributed by atoms with E-state index >= 15 is 0 Å². The summed E-state index contributed by atoms with van der Waals surface area (Å²) in [5, 5.41) is 0. The fourth-order valence-corrected chi connectivity index (χ4v) is 5.68. The van der Waals surface area contributed by atoms with Crippen LogP contribution in [0, 0.1) is 18.5 Å². The topological polar surface area (TPSA) is 13.0 Å². The Kier molecular flexibility index (Phi) is 8.43. The molecule has 0 spiro atoms. The van der Waals surface area contributed by atoms with E-state index in [0.717, 1.165) is 23.9 Å². The Labute approximate surface area is 169 Å². The van der Waals surface area contributed by atoms with Crippen LogP contribution in [0.1, 0.15) is 66.2 Å². The molecule has 27 heavy (non-hydrogen) atoms. The fourth-order valence-electron chi connectivity index (χ4n) is 5.68. The molecule has 3 rings (SSSR count). The van der Waals surface area contributed by atoms with Gasteiger partial charge < -0.3 is 4.90 Å². The predicted octanol–water partition coefficient (Wildman–Crippen LogP) is 3.62. The van der Waals surface area contributed by atoms with Crippen molar-refractivity contribution in [3.8, 4) is 0 Å². The Morgan fingerprint density at radius 1 is 0.741 bits per heavy atom. The van der Waals surface area contributed by atoms with Gasteiger partial charge in [-0.25, -0.2) is 0 Å². The molecule has 0 aromatic heterocycles. The van der Waals surface area contributed by atoms with Crippen molar-refractivity contribution in [2.45, 2.75) is 78.3 Å². The van der Waals surface area contributed by atoms with Gasteiger partial charge in [-0.15, -0.1) is 0 Å². The zero-order chi connectivity index (χ0) is 19.2. The summed E-state index contributed by atoms with van der Waals surface area (Å²) in [5.74, 6) is 1.75. The molecular weight excluding hydrogens is 332 g/mol. The second-order valence-corrected chi connectivity index (χ2v) is 9.85. The molecule has 3 aliphatic heterocycles. The Morgan fingerprint density at radius 3 is 1.89 bits per heavy atom. The molecule has 0 aromatic carbocycles. The van der Waals surface area contributed by atoms with Crippen molar-refractivity contribution in [1.82, 2.24) is 19.6 Å².